The van der Waals surface area contributed by atoms with E-state index in [-0.39, 0.29) is 6.54 Å². The van der Waals surface area contributed by atoms with Crippen LogP contribution in [0.25, 0.3) is 0 Å². The molecule has 0 radical (unpaired) electrons. The maximum atomic E-state index is 12.8. The van der Waals surface area contributed by atoms with Crippen LogP contribution in [0.5, 0.6) is 23.0 Å². The SMILES string of the molecule is COc1ccc(OC(Oc2ccc(OC)cc2)([PH2]=O)N(CC#N)Sc2ccc(Cl)cc2)cc1. The second-order valence-corrected chi connectivity index (χ2v) is 9.04. The Morgan fingerprint density at radius 3 is 1.73 bits per heavy atom. The van der Waals surface area contributed by atoms with Crippen LogP contribution >= 0.6 is 32.0 Å². The summed E-state index contributed by atoms with van der Waals surface area (Å²) in [6.45, 7) is -0.130. The van der Waals surface area contributed by atoms with Crippen molar-refractivity contribution < 1.29 is 23.5 Å². The van der Waals surface area contributed by atoms with Crippen molar-refractivity contribution in [3.8, 4) is 29.1 Å². The van der Waals surface area contributed by atoms with Crippen molar-refractivity contribution in [1.82, 2.24) is 4.31 Å². The summed E-state index contributed by atoms with van der Waals surface area (Å²) in [6.07, 6.45) is 0. The van der Waals surface area contributed by atoms with Gasteiger partial charge < -0.3 is 23.5 Å². The summed E-state index contributed by atoms with van der Waals surface area (Å²) in [7, 11) is 1.40. The molecule has 7 nitrogen and oxygen atoms in total. The Bertz CT molecular complexity index is 1040. The van der Waals surface area contributed by atoms with Crippen molar-refractivity contribution in [1.29, 1.82) is 5.26 Å². The summed E-state index contributed by atoms with van der Waals surface area (Å²) < 4.78 is 37.0. The number of methoxy groups -OCH3 is 2. The van der Waals surface area contributed by atoms with Crippen LogP contribution in [0, 0.1) is 11.3 Å². The minimum atomic E-state index is -1.76. The van der Waals surface area contributed by atoms with Gasteiger partial charge in [-0.3, -0.25) is 0 Å². The fourth-order valence-electron chi connectivity index (χ4n) is 2.75. The van der Waals surface area contributed by atoms with Gasteiger partial charge in [0.25, 0.3) is 0 Å². The minimum Gasteiger partial charge on any atom is -0.497 e. The lowest BCUT2D eigenvalue weighted by Crippen LogP contribution is -2.50. The standard InChI is InChI=1S/C23H22ClN2O5PS/c1-28-18-5-9-20(10-6-18)30-23(32-27,31-21-11-7-19(29-2)8-12-21)26(16-15-25)33-22-13-3-17(24)4-14-22/h3-14H,16,32H2,1-2H3. The first-order chi connectivity index (χ1) is 16.0. The fourth-order valence-corrected chi connectivity index (χ4v) is 4.57. The lowest BCUT2D eigenvalue weighted by atomic mass is 10.3. The number of ether oxygens (including phenoxy) is 4. The van der Waals surface area contributed by atoms with Gasteiger partial charge in [-0.1, -0.05) is 11.6 Å². The third-order valence-corrected chi connectivity index (χ3v) is 6.76. The third-order valence-electron chi connectivity index (χ3n) is 4.39. The molecule has 33 heavy (non-hydrogen) atoms. The molecular weight excluding hydrogens is 483 g/mol. The average molecular weight is 505 g/mol. The van der Waals surface area contributed by atoms with Crippen LogP contribution in [0.3, 0.4) is 0 Å². The van der Waals surface area contributed by atoms with E-state index in [1.54, 1.807) is 87.0 Å². The van der Waals surface area contributed by atoms with E-state index in [4.69, 9.17) is 30.5 Å². The normalized spacial score (nSPS) is 11.4. The van der Waals surface area contributed by atoms with E-state index in [0.29, 0.717) is 28.0 Å². The Morgan fingerprint density at radius 2 is 1.33 bits per heavy atom. The van der Waals surface area contributed by atoms with Gasteiger partial charge in [-0.15, -0.1) is 0 Å². The van der Waals surface area contributed by atoms with Crippen LogP contribution in [-0.4, -0.2) is 30.7 Å². The molecular formula is C23H22ClN2O5PS. The summed E-state index contributed by atoms with van der Waals surface area (Å²) in [6, 6.07) is 22.7. The van der Waals surface area contributed by atoms with Crippen LogP contribution < -0.4 is 18.9 Å². The van der Waals surface area contributed by atoms with Crippen LogP contribution in [0.2, 0.25) is 5.02 Å². The van der Waals surface area contributed by atoms with Gasteiger partial charge in [-0.05, 0) is 84.7 Å². The fraction of sp³-hybridized carbons (Fsp3) is 0.174. The number of hydrogen-bond donors (Lipinski definition) is 0. The van der Waals surface area contributed by atoms with Gasteiger partial charge in [0.1, 0.15) is 29.5 Å². The van der Waals surface area contributed by atoms with E-state index in [0.717, 1.165) is 4.90 Å². The molecule has 0 amide bonds. The van der Waals surface area contributed by atoms with Gasteiger partial charge in [0.05, 0.1) is 20.3 Å². The summed E-state index contributed by atoms with van der Waals surface area (Å²) >= 11 is 7.18. The largest absolute Gasteiger partial charge is 0.497 e. The molecule has 0 aromatic heterocycles. The predicted octanol–water partition coefficient (Wildman–Crippen LogP) is 5.72. The highest BCUT2D eigenvalue weighted by Gasteiger charge is 2.43. The van der Waals surface area contributed by atoms with E-state index in [9.17, 15) is 9.83 Å². The molecule has 10 heteroatoms. The number of halogens is 1. The molecule has 0 aliphatic rings. The molecule has 0 bridgehead atoms. The number of hydrogen-bond acceptors (Lipinski definition) is 8. The van der Waals surface area contributed by atoms with E-state index in [1.165, 1.54) is 16.3 Å². The molecule has 0 saturated carbocycles. The van der Waals surface area contributed by atoms with Crippen molar-refractivity contribution in [2.75, 3.05) is 20.8 Å². The molecule has 0 fully saturated rings. The molecule has 1 unspecified atom stereocenters. The molecule has 0 spiro atoms. The molecule has 3 aromatic carbocycles. The Hall–Kier alpha value is -2.82. The summed E-state index contributed by atoms with van der Waals surface area (Å²) in [4.78, 5) is 0.767. The number of nitrogens with zero attached hydrogens (tertiary/aromatic N) is 2. The van der Waals surface area contributed by atoms with Crippen LogP contribution in [-0.2, 0) is 4.57 Å². The van der Waals surface area contributed by atoms with Crippen molar-refractivity contribution in [3.05, 3.63) is 77.8 Å². The molecule has 0 saturated heterocycles. The first-order valence-corrected chi connectivity index (χ1v) is 11.9. The molecule has 1 atom stereocenters. The number of benzene rings is 3. The summed E-state index contributed by atoms with van der Waals surface area (Å²) in [5.41, 5.74) is -1.76. The van der Waals surface area contributed by atoms with E-state index in [2.05, 4.69) is 6.07 Å². The second kappa shape index (κ2) is 11.9. The third kappa shape index (κ3) is 6.59. The van der Waals surface area contributed by atoms with E-state index in [1.807, 2.05) is 0 Å². The van der Waals surface area contributed by atoms with E-state index >= 15 is 0 Å². The number of rotatable bonds is 11. The lowest BCUT2D eigenvalue weighted by molar-refractivity contribution is -0.107. The Balaban J connectivity index is 2.00. The molecule has 172 valence electrons. The zero-order valence-electron chi connectivity index (χ0n) is 17.9. The van der Waals surface area contributed by atoms with Crippen molar-refractivity contribution in [2.24, 2.45) is 0 Å². The Morgan fingerprint density at radius 1 is 0.879 bits per heavy atom. The molecule has 3 aromatic rings. The van der Waals surface area contributed by atoms with Crippen molar-refractivity contribution in [3.63, 3.8) is 0 Å². The summed E-state index contributed by atoms with van der Waals surface area (Å²) in [5.74, 6) is 2.07. The quantitative estimate of drug-likeness (QED) is 0.142. The number of nitriles is 1. The second-order valence-electron chi connectivity index (χ2n) is 6.54. The highest BCUT2D eigenvalue weighted by Crippen LogP contribution is 2.41. The maximum absolute atomic E-state index is 12.8. The van der Waals surface area contributed by atoms with E-state index < -0.39 is 14.1 Å². The average Bonchev–Trinajstić information content (AvgIpc) is 2.85. The zero-order chi connectivity index (χ0) is 23.7. The van der Waals surface area contributed by atoms with Crippen molar-refractivity contribution in [2.45, 2.75) is 10.5 Å². The molecule has 0 aliphatic carbocycles. The Kier molecular flexibility index (Phi) is 8.93. The topological polar surface area (TPSA) is 81.0 Å². The van der Waals surface area contributed by atoms with Gasteiger partial charge in [0.15, 0.2) is 8.46 Å². The van der Waals surface area contributed by atoms with Crippen molar-refractivity contribution >= 4 is 32.0 Å². The zero-order valence-corrected chi connectivity index (χ0v) is 20.7. The van der Waals surface area contributed by atoms with Crippen LogP contribution in [0.1, 0.15) is 0 Å². The molecule has 0 N–H and O–H groups in total. The van der Waals surface area contributed by atoms with Gasteiger partial charge in [-0.2, -0.15) is 9.57 Å². The van der Waals surface area contributed by atoms with Gasteiger partial charge in [0, 0.05) is 9.92 Å². The molecule has 0 heterocycles. The van der Waals surface area contributed by atoms with Crippen LogP contribution in [0.15, 0.2) is 77.7 Å². The first kappa shape index (κ1) is 24.8. The lowest BCUT2D eigenvalue weighted by Gasteiger charge is -2.37. The van der Waals surface area contributed by atoms with Gasteiger partial charge >= 0.3 is 5.65 Å². The van der Waals surface area contributed by atoms with Gasteiger partial charge in [0.2, 0.25) is 0 Å². The van der Waals surface area contributed by atoms with Gasteiger partial charge in [-0.25, -0.2) is 0 Å². The molecule has 3 rings (SSSR count). The maximum Gasteiger partial charge on any atom is 0.374 e. The highest BCUT2D eigenvalue weighted by atomic mass is 35.5. The Labute approximate surface area is 203 Å². The highest BCUT2D eigenvalue weighted by molar-refractivity contribution is 7.97. The molecule has 0 aliphatic heterocycles. The van der Waals surface area contributed by atoms with Crippen LogP contribution in [0.4, 0.5) is 0 Å². The monoisotopic (exact) mass is 504 g/mol. The summed E-state index contributed by atoms with van der Waals surface area (Å²) in [5, 5.41) is 10.1. The minimum absolute atomic E-state index is 0.130. The smallest absolute Gasteiger partial charge is 0.374 e. The predicted molar refractivity (Wildman–Crippen MR) is 130 cm³/mol. The first-order valence-electron chi connectivity index (χ1n) is 9.72.